The highest BCUT2D eigenvalue weighted by molar-refractivity contribution is 5.48. The Balaban J connectivity index is 2.25. The van der Waals surface area contributed by atoms with E-state index >= 15 is 0 Å². The third-order valence-corrected chi connectivity index (χ3v) is 2.88. The normalized spacial score (nSPS) is 9.00. The third kappa shape index (κ3) is 3.51. The summed E-state index contributed by atoms with van der Waals surface area (Å²) in [5.74, 6) is 12.3. The first-order chi connectivity index (χ1) is 9.19. The van der Waals surface area contributed by atoms with Crippen molar-refractivity contribution in [2.45, 2.75) is 20.8 Å². The Morgan fingerprint density at radius 3 is 1.95 bits per heavy atom. The second-order valence-electron chi connectivity index (χ2n) is 4.52. The zero-order valence-electron chi connectivity index (χ0n) is 11.5. The highest BCUT2D eigenvalue weighted by atomic mass is 14.0. The average molecular weight is 244 g/mol. The van der Waals surface area contributed by atoms with E-state index in [9.17, 15) is 0 Å². The first-order valence-corrected chi connectivity index (χ1v) is 6.31. The molecule has 92 valence electrons. The lowest BCUT2D eigenvalue weighted by atomic mass is 10.1. The SMILES string of the molecule is CC#Cc1ccc(C#Cc2ccc(C)cc2C)cc1. The van der Waals surface area contributed by atoms with Gasteiger partial charge in [0.05, 0.1) is 0 Å². The van der Waals surface area contributed by atoms with Crippen LogP contribution in [-0.2, 0) is 0 Å². The number of hydrogen-bond donors (Lipinski definition) is 0. The van der Waals surface area contributed by atoms with Gasteiger partial charge in [-0.2, -0.15) is 0 Å². The molecule has 0 aliphatic heterocycles. The van der Waals surface area contributed by atoms with Crippen molar-refractivity contribution in [3.8, 4) is 23.7 Å². The minimum absolute atomic E-state index is 1.02. The molecule has 0 spiro atoms. The largest absolute Gasteiger partial charge is 0.101 e. The second kappa shape index (κ2) is 5.94. The summed E-state index contributed by atoms with van der Waals surface area (Å²) in [6.07, 6.45) is 0. The van der Waals surface area contributed by atoms with Crippen molar-refractivity contribution < 1.29 is 0 Å². The molecule has 0 bridgehead atoms. The van der Waals surface area contributed by atoms with Crippen LogP contribution in [0.15, 0.2) is 42.5 Å². The highest BCUT2D eigenvalue weighted by Gasteiger charge is 1.94. The highest BCUT2D eigenvalue weighted by Crippen LogP contribution is 2.09. The van der Waals surface area contributed by atoms with Crippen LogP contribution in [0.5, 0.6) is 0 Å². The van der Waals surface area contributed by atoms with E-state index in [1.165, 1.54) is 11.1 Å². The Morgan fingerprint density at radius 2 is 1.37 bits per heavy atom. The van der Waals surface area contributed by atoms with Gasteiger partial charge < -0.3 is 0 Å². The molecule has 0 nitrogen and oxygen atoms in total. The van der Waals surface area contributed by atoms with Gasteiger partial charge in [-0.05, 0) is 56.7 Å². The van der Waals surface area contributed by atoms with Crippen molar-refractivity contribution in [1.29, 1.82) is 0 Å². The summed E-state index contributed by atoms with van der Waals surface area (Å²) >= 11 is 0. The van der Waals surface area contributed by atoms with Gasteiger partial charge in [-0.3, -0.25) is 0 Å². The molecule has 0 N–H and O–H groups in total. The summed E-state index contributed by atoms with van der Waals surface area (Å²) in [4.78, 5) is 0. The van der Waals surface area contributed by atoms with Crippen LogP contribution in [0.3, 0.4) is 0 Å². The summed E-state index contributed by atoms with van der Waals surface area (Å²) < 4.78 is 0. The fourth-order valence-corrected chi connectivity index (χ4v) is 1.87. The van der Waals surface area contributed by atoms with Crippen LogP contribution in [0.4, 0.5) is 0 Å². The minimum Gasteiger partial charge on any atom is -0.101 e. The van der Waals surface area contributed by atoms with Gasteiger partial charge >= 0.3 is 0 Å². The van der Waals surface area contributed by atoms with Crippen LogP contribution in [0.25, 0.3) is 0 Å². The lowest BCUT2D eigenvalue weighted by Gasteiger charge is -1.99. The number of rotatable bonds is 0. The monoisotopic (exact) mass is 244 g/mol. The Kier molecular flexibility index (Phi) is 4.07. The summed E-state index contributed by atoms with van der Waals surface area (Å²) in [6.45, 7) is 6.03. The predicted molar refractivity (Wildman–Crippen MR) is 80.9 cm³/mol. The third-order valence-electron chi connectivity index (χ3n) is 2.88. The van der Waals surface area contributed by atoms with Crippen LogP contribution in [-0.4, -0.2) is 0 Å². The van der Waals surface area contributed by atoms with Crippen molar-refractivity contribution in [3.05, 3.63) is 70.3 Å². The Bertz CT molecular complexity index is 696. The summed E-state index contributed by atoms with van der Waals surface area (Å²) in [6, 6.07) is 14.4. The van der Waals surface area contributed by atoms with Gasteiger partial charge in [0.25, 0.3) is 0 Å². The molecule has 2 aromatic rings. The Morgan fingerprint density at radius 1 is 0.737 bits per heavy atom. The van der Waals surface area contributed by atoms with Crippen LogP contribution in [0, 0.1) is 37.5 Å². The molecule has 0 unspecified atom stereocenters. The van der Waals surface area contributed by atoms with Crippen molar-refractivity contribution in [1.82, 2.24) is 0 Å². The molecule has 0 heteroatoms. The molecule has 0 aliphatic carbocycles. The molecule has 0 fully saturated rings. The smallest absolute Gasteiger partial charge is 0.0278 e. The first kappa shape index (κ1) is 13.0. The van der Waals surface area contributed by atoms with E-state index in [2.05, 4.69) is 55.7 Å². The molecule has 0 saturated heterocycles. The average Bonchev–Trinajstić information content (AvgIpc) is 2.40. The van der Waals surface area contributed by atoms with Crippen molar-refractivity contribution in [2.75, 3.05) is 0 Å². The van der Waals surface area contributed by atoms with E-state index in [1.807, 2.05) is 31.2 Å². The summed E-state index contributed by atoms with van der Waals surface area (Å²) in [5, 5.41) is 0. The molecular weight excluding hydrogens is 228 g/mol. The van der Waals surface area contributed by atoms with Gasteiger partial charge in [-0.15, -0.1) is 5.92 Å². The van der Waals surface area contributed by atoms with E-state index in [0.717, 1.165) is 16.7 Å². The zero-order chi connectivity index (χ0) is 13.7. The maximum Gasteiger partial charge on any atom is 0.0278 e. The molecule has 19 heavy (non-hydrogen) atoms. The molecule has 0 aliphatic rings. The van der Waals surface area contributed by atoms with Gasteiger partial charge in [-0.25, -0.2) is 0 Å². The Labute approximate surface area is 115 Å². The van der Waals surface area contributed by atoms with Crippen LogP contribution in [0.2, 0.25) is 0 Å². The van der Waals surface area contributed by atoms with Crippen molar-refractivity contribution in [3.63, 3.8) is 0 Å². The second-order valence-corrected chi connectivity index (χ2v) is 4.52. The standard InChI is InChI=1S/C19H16/c1-4-5-17-7-9-18(10-8-17)11-13-19-12-6-15(2)14-16(19)3/h6-10,12,14H,1-3H3. The van der Waals surface area contributed by atoms with E-state index < -0.39 is 0 Å². The van der Waals surface area contributed by atoms with Gasteiger partial charge in [0, 0.05) is 16.7 Å². The molecule has 0 heterocycles. The number of hydrogen-bond acceptors (Lipinski definition) is 0. The number of aryl methyl sites for hydroxylation is 2. The maximum absolute atomic E-state index is 3.22. The van der Waals surface area contributed by atoms with Gasteiger partial charge in [-0.1, -0.05) is 35.5 Å². The molecular formula is C19H16. The minimum atomic E-state index is 1.02. The van der Waals surface area contributed by atoms with E-state index in [1.54, 1.807) is 0 Å². The lowest BCUT2D eigenvalue weighted by Crippen LogP contribution is -1.83. The topological polar surface area (TPSA) is 0 Å². The van der Waals surface area contributed by atoms with Gasteiger partial charge in [0.15, 0.2) is 0 Å². The molecule has 2 aromatic carbocycles. The van der Waals surface area contributed by atoms with E-state index in [0.29, 0.717) is 0 Å². The van der Waals surface area contributed by atoms with Crippen LogP contribution >= 0.6 is 0 Å². The number of benzene rings is 2. The van der Waals surface area contributed by atoms with Gasteiger partial charge in [0.1, 0.15) is 0 Å². The fourth-order valence-electron chi connectivity index (χ4n) is 1.87. The Hall–Kier alpha value is -2.44. The molecule has 0 aromatic heterocycles. The molecule has 0 saturated carbocycles. The van der Waals surface area contributed by atoms with E-state index in [4.69, 9.17) is 0 Å². The first-order valence-electron chi connectivity index (χ1n) is 6.31. The quantitative estimate of drug-likeness (QED) is 0.613. The van der Waals surface area contributed by atoms with Gasteiger partial charge in [0.2, 0.25) is 0 Å². The maximum atomic E-state index is 3.22. The molecule has 2 rings (SSSR count). The van der Waals surface area contributed by atoms with E-state index in [-0.39, 0.29) is 0 Å². The molecule has 0 radical (unpaired) electrons. The lowest BCUT2D eigenvalue weighted by molar-refractivity contribution is 1.36. The fraction of sp³-hybridized carbons (Fsp3) is 0.158. The summed E-state index contributed by atoms with van der Waals surface area (Å²) in [7, 11) is 0. The summed E-state index contributed by atoms with van der Waals surface area (Å²) in [5.41, 5.74) is 5.62. The molecule has 0 amide bonds. The van der Waals surface area contributed by atoms with Crippen molar-refractivity contribution in [2.24, 2.45) is 0 Å². The van der Waals surface area contributed by atoms with Crippen LogP contribution < -0.4 is 0 Å². The predicted octanol–water partition coefficient (Wildman–Crippen LogP) is 4.07. The molecule has 0 atom stereocenters. The zero-order valence-corrected chi connectivity index (χ0v) is 11.5. The van der Waals surface area contributed by atoms with Crippen molar-refractivity contribution >= 4 is 0 Å². The van der Waals surface area contributed by atoms with Crippen LogP contribution in [0.1, 0.15) is 34.7 Å².